The molecular formula is C17H30N2O3S. The first-order chi connectivity index (χ1) is 10.9. The van der Waals surface area contributed by atoms with Crippen LogP contribution in [0.1, 0.15) is 64.2 Å². The van der Waals surface area contributed by atoms with Gasteiger partial charge in [-0.2, -0.15) is 4.31 Å². The van der Waals surface area contributed by atoms with E-state index in [9.17, 15) is 13.2 Å². The summed E-state index contributed by atoms with van der Waals surface area (Å²) in [5, 5.41) is 3.00. The normalized spacial score (nSPS) is 20.3. The summed E-state index contributed by atoms with van der Waals surface area (Å²) in [6.45, 7) is 0.353. The van der Waals surface area contributed by atoms with Crippen LogP contribution in [0.4, 0.5) is 0 Å². The number of allylic oxidation sites excluding steroid dienone is 1. The third-order valence-corrected chi connectivity index (χ3v) is 6.08. The van der Waals surface area contributed by atoms with Gasteiger partial charge in [0, 0.05) is 12.6 Å². The first-order valence-electron chi connectivity index (χ1n) is 8.87. The number of amides is 1. The molecule has 2 aliphatic rings. The highest BCUT2D eigenvalue weighted by molar-refractivity contribution is 7.88. The maximum absolute atomic E-state index is 12.2. The van der Waals surface area contributed by atoms with E-state index in [1.807, 2.05) is 0 Å². The fraction of sp³-hybridized carbons (Fsp3) is 0.824. The van der Waals surface area contributed by atoms with Crippen molar-refractivity contribution in [3.63, 3.8) is 0 Å². The SMILES string of the molecule is CS(=O)(=O)N(CCC1=CCCCC1)CC(=O)NC1CCCCC1. The molecule has 0 aromatic rings. The smallest absolute Gasteiger partial charge is 0.235 e. The van der Waals surface area contributed by atoms with Gasteiger partial charge in [0.2, 0.25) is 15.9 Å². The quantitative estimate of drug-likeness (QED) is 0.723. The van der Waals surface area contributed by atoms with E-state index < -0.39 is 10.0 Å². The maximum atomic E-state index is 12.2. The summed E-state index contributed by atoms with van der Waals surface area (Å²) >= 11 is 0. The van der Waals surface area contributed by atoms with Crippen molar-refractivity contribution in [2.45, 2.75) is 70.3 Å². The first-order valence-corrected chi connectivity index (χ1v) is 10.7. The Morgan fingerprint density at radius 1 is 1.22 bits per heavy atom. The summed E-state index contributed by atoms with van der Waals surface area (Å²) < 4.78 is 25.2. The topological polar surface area (TPSA) is 66.5 Å². The molecule has 1 amide bonds. The maximum Gasteiger partial charge on any atom is 0.235 e. The summed E-state index contributed by atoms with van der Waals surface area (Å²) in [5.74, 6) is -0.167. The highest BCUT2D eigenvalue weighted by Crippen LogP contribution is 2.21. The van der Waals surface area contributed by atoms with Crippen molar-refractivity contribution in [3.05, 3.63) is 11.6 Å². The van der Waals surface area contributed by atoms with E-state index in [4.69, 9.17) is 0 Å². The van der Waals surface area contributed by atoms with Crippen molar-refractivity contribution in [3.8, 4) is 0 Å². The van der Waals surface area contributed by atoms with Gasteiger partial charge in [0.05, 0.1) is 12.8 Å². The molecule has 1 saturated carbocycles. The number of rotatable bonds is 7. The largest absolute Gasteiger partial charge is 0.352 e. The Morgan fingerprint density at radius 3 is 2.57 bits per heavy atom. The van der Waals surface area contributed by atoms with E-state index in [1.165, 1.54) is 35.4 Å². The Morgan fingerprint density at radius 2 is 1.96 bits per heavy atom. The zero-order chi connectivity index (χ0) is 16.7. The van der Waals surface area contributed by atoms with Crippen LogP contribution in [-0.4, -0.2) is 44.0 Å². The zero-order valence-corrected chi connectivity index (χ0v) is 15.0. The molecule has 1 N–H and O–H groups in total. The minimum Gasteiger partial charge on any atom is -0.352 e. The van der Waals surface area contributed by atoms with E-state index in [0.29, 0.717) is 6.54 Å². The molecule has 0 unspecified atom stereocenters. The van der Waals surface area contributed by atoms with Crippen molar-refractivity contribution in [1.29, 1.82) is 0 Å². The lowest BCUT2D eigenvalue weighted by Gasteiger charge is -2.25. The van der Waals surface area contributed by atoms with Crippen LogP contribution in [0.15, 0.2) is 11.6 Å². The molecular weight excluding hydrogens is 312 g/mol. The summed E-state index contributed by atoms with van der Waals surface area (Å²) in [4.78, 5) is 12.2. The molecule has 5 nitrogen and oxygen atoms in total. The van der Waals surface area contributed by atoms with Crippen LogP contribution >= 0.6 is 0 Å². The summed E-state index contributed by atoms with van der Waals surface area (Å²) in [5.41, 5.74) is 1.33. The lowest BCUT2D eigenvalue weighted by molar-refractivity contribution is -0.122. The molecule has 1 fully saturated rings. The number of carbonyl (C=O) groups is 1. The fourth-order valence-electron chi connectivity index (χ4n) is 3.44. The number of carbonyl (C=O) groups excluding carboxylic acids is 1. The Kier molecular flexibility index (Phi) is 7.09. The standard InChI is InChI=1S/C17H30N2O3S/c1-23(21,22)19(13-12-15-8-4-2-5-9-15)14-17(20)18-16-10-6-3-7-11-16/h8,16H,2-7,9-14H2,1H3,(H,18,20). The van der Waals surface area contributed by atoms with E-state index in [-0.39, 0.29) is 18.5 Å². The minimum atomic E-state index is -3.36. The summed E-state index contributed by atoms with van der Waals surface area (Å²) in [7, 11) is -3.36. The van der Waals surface area contributed by atoms with E-state index in [1.54, 1.807) is 0 Å². The van der Waals surface area contributed by atoms with Crippen LogP contribution in [0.5, 0.6) is 0 Å². The van der Waals surface area contributed by atoms with Crippen molar-refractivity contribution < 1.29 is 13.2 Å². The molecule has 2 rings (SSSR count). The molecule has 0 spiro atoms. The first kappa shape index (κ1) is 18.5. The van der Waals surface area contributed by atoms with Gasteiger partial charge in [-0.25, -0.2) is 8.42 Å². The van der Waals surface area contributed by atoms with Crippen molar-refractivity contribution in [1.82, 2.24) is 9.62 Å². The van der Waals surface area contributed by atoms with Crippen LogP contribution in [-0.2, 0) is 14.8 Å². The predicted octanol–water partition coefficient (Wildman–Crippen LogP) is 2.59. The third kappa shape index (κ3) is 6.63. The summed E-state index contributed by atoms with van der Waals surface area (Å²) in [6.07, 6.45) is 14.3. The highest BCUT2D eigenvalue weighted by atomic mass is 32.2. The second kappa shape index (κ2) is 8.83. The molecule has 23 heavy (non-hydrogen) atoms. The molecule has 0 bridgehead atoms. The van der Waals surface area contributed by atoms with Crippen molar-refractivity contribution >= 4 is 15.9 Å². The molecule has 0 aliphatic heterocycles. The van der Waals surface area contributed by atoms with Crippen LogP contribution in [0.2, 0.25) is 0 Å². The molecule has 132 valence electrons. The summed E-state index contributed by atoms with van der Waals surface area (Å²) in [6, 6.07) is 0.221. The third-order valence-electron chi connectivity index (χ3n) is 4.83. The van der Waals surface area contributed by atoms with Crippen molar-refractivity contribution in [2.75, 3.05) is 19.3 Å². The molecule has 0 atom stereocenters. The number of hydrogen-bond donors (Lipinski definition) is 1. The van der Waals surface area contributed by atoms with Crippen LogP contribution < -0.4 is 5.32 Å². The van der Waals surface area contributed by atoms with Gasteiger partial charge in [0.1, 0.15) is 0 Å². The van der Waals surface area contributed by atoms with Gasteiger partial charge in [-0.1, -0.05) is 30.9 Å². The Balaban J connectivity index is 1.84. The van der Waals surface area contributed by atoms with Crippen LogP contribution in [0.3, 0.4) is 0 Å². The average Bonchev–Trinajstić information content (AvgIpc) is 2.52. The van der Waals surface area contributed by atoms with Gasteiger partial charge in [-0.15, -0.1) is 0 Å². The van der Waals surface area contributed by atoms with Gasteiger partial charge in [0.25, 0.3) is 0 Å². The lowest BCUT2D eigenvalue weighted by Crippen LogP contribution is -2.44. The molecule has 2 aliphatic carbocycles. The molecule has 0 radical (unpaired) electrons. The monoisotopic (exact) mass is 342 g/mol. The molecule has 0 aromatic carbocycles. The number of nitrogens with zero attached hydrogens (tertiary/aromatic N) is 1. The van der Waals surface area contributed by atoms with Gasteiger partial charge in [0.15, 0.2) is 0 Å². The lowest BCUT2D eigenvalue weighted by atomic mass is 9.95. The van der Waals surface area contributed by atoms with E-state index in [0.717, 1.165) is 44.9 Å². The second-order valence-corrected chi connectivity index (χ2v) is 8.84. The number of nitrogens with one attached hydrogen (secondary N) is 1. The molecule has 0 saturated heterocycles. The second-order valence-electron chi connectivity index (χ2n) is 6.86. The van der Waals surface area contributed by atoms with Gasteiger partial charge < -0.3 is 5.32 Å². The van der Waals surface area contributed by atoms with Gasteiger partial charge >= 0.3 is 0 Å². The molecule has 0 aromatic heterocycles. The highest BCUT2D eigenvalue weighted by Gasteiger charge is 2.22. The molecule has 0 heterocycles. The van der Waals surface area contributed by atoms with Gasteiger partial charge in [-0.3, -0.25) is 4.79 Å². The Labute approximate surface area is 140 Å². The fourth-order valence-corrected chi connectivity index (χ4v) is 4.22. The minimum absolute atomic E-state index is 0.0530. The van der Waals surface area contributed by atoms with Crippen LogP contribution in [0, 0.1) is 0 Å². The average molecular weight is 343 g/mol. The van der Waals surface area contributed by atoms with E-state index in [2.05, 4.69) is 11.4 Å². The van der Waals surface area contributed by atoms with Crippen molar-refractivity contribution in [2.24, 2.45) is 0 Å². The Bertz CT molecular complexity index is 522. The van der Waals surface area contributed by atoms with Gasteiger partial charge in [-0.05, 0) is 44.9 Å². The van der Waals surface area contributed by atoms with E-state index >= 15 is 0 Å². The zero-order valence-electron chi connectivity index (χ0n) is 14.2. The molecule has 6 heteroatoms. The van der Waals surface area contributed by atoms with Crippen LogP contribution in [0.25, 0.3) is 0 Å². The number of sulfonamides is 1. The predicted molar refractivity (Wildman–Crippen MR) is 92.6 cm³/mol. The number of hydrogen-bond acceptors (Lipinski definition) is 3. The Hall–Kier alpha value is -0.880.